The SMILES string of the molecule is C[C@@H]1[C@H](O)[C@@H](C)\C=C/C=C\C=C/C=C\C=C/C=C\C=C\[C@H](O[C@@H]2O[C@H](C)[C@@H](O)[C@H](NC(=O)CN)[C@@H]2O)C[C@@H]2O[C@](O)(C[C@@H](O)C[C@@H](O)[C@H](O)CC[C@@H](O)C[C@@H](O)CC(=O)O[C@H]1C)C[C@H](O)[C@H]2C(=O)NCCN. The fraction of sp³-hybridized carbons (Fsp3) is 0.667. The average molecular weight is 1020 g/mol. The predicted molar refractivity (Wildman–Crippen MR) is 264 cm³/mol. The molecule has 0 radical (unpaired) electrons. The molecule has 21 heteroatoms. The molecule has 16 N–H and O–H groups in total. The third-order valence-corrected chi connectivity index (χ3v) is 12.9. The van der Waals surface area contributed by atoms with Crippen LogP contribution < -0.4 is 22.1 Å². The fourth-order valence-electron chi connectivity index (χ4n) is 8.69. The Morgan fingerprint density at radius 2 is 1.29 bits per heavy atom. The van der Waals surface area contributed by atoms with Crippen molar-refractivity contribution in [3.8, 4) is 0 Å². The standard InChI is InChI=1S/C51H82N4O17/c1-30-17-15-13-11-9-7-5-6-8-10-12-14-16-18-37(71-50-48(66)45(55-42(62)29-53)47(65)33(4)70-50)26-41-44(49(67)54-22-21-52)40(61)28-51(68,72-41)27-36(58)24-39(60)38(59)20-19-34(56)23-35(57)25-43(63)69-32(3)31(2)46(30)64/h5-18,30-41,44-48,50,56-61,64-66,68H,19-29,52-53H2,1-4H3,(H,54,67)(H,55,62)/b6-5-,9-7-,10-8-,13-11-,14-12-,17-15-,18-16+/t30-,31-,32-,33+,34+,35+,36-,37-,38+,39+,40-,41-,44+,45-,46+,47+,48-,50-,51+/m0/s1. The average Bonchev–Trinajstić information content (AvgIpc) is 3.31. The maximum Gasteiger partial charge on any atom is 0.308 e. The second-order valence-electron chi connectivity index (χ2n) is 19.0. The number of ether oxygens (including phenoxy) is 4. The van der Waals surface area contributed by atoms with Gasteiger partial charge >= 0.3 is 5.97 Å². The van der Waals surface area contributed by atoms with E-state index in [1.807, 2.05) is 19.1 Å². The lowest BCUT2D eigenvalue weighted by atomic mass is 9.82. The first-order chi connectivity index (χ1) is 34.1. The Morgan fingerprint density at radius 3 is 1.89 bits per heavy atom. The maximum absolute atomic E-state index is 13.6. The van der Waals surface area contributed by atoms with E-state index in [-0.39, 0.29) is 44.7 Å². The van der Waals surface area contributed by atoms with Gasteiger partial charge in [-0.25, -0.2) is 0 Å². The summed E-state index contributed by atoms with van der Waals surface area (Å²) >= 11 is 0. The van der Waals surface area contributed by atoms with E-state index in [4.69, 9.17) is 30.4 Å². The predicted octanol–water partition coefficient (Wildman–Crippen LogP) is -1.18. The lowest BCUT2D eigenvalue weighted by Crippen LogP contribution is -2.64. The monoisotopic (exact) mass is 1020 g/mol. The first-order valence-electron chi connectivity index (χ1n) is 24.8. The zero-order chi connectivity index (χ0) is 53.5. The number of nitrogens with one attached hydrogen (secondary N) is 2. The van der Waals surface area contributed by atoms with E-state index in [0.717, 1.165) is 0 Å². The number of aliphatic hydroxyl groups excluding tert-OH is 9. The van der Waals surface area contributed by atoms with Gasteiger partial charge in [-0.3, -0.25) is 14.4 Å². The van der Waals surface area contributed by atoms with Gasteiger partial charge in [0.25, 0.3) is 0 Å². The molecular formula is C51H82N4O17. The summed E-state index contributed by atoms with van der Waals surface area (Å²) in [4.78, 5) is 38.5. The molecule has 0 aromatic rings. The third-order valence-electron chi connectivity index (χ3n) is 12.9. The van der Waals surface area contributed by atoms with Crippen molar-refractivity contribution in [2.75, 3.05) is 19.6 Å². The van der Waals surface area contributed by atoms with Gasteiger partial charge in [0.1, 0.15) is 18.3 Å². The van der Waals surface area contributed by atoms with Crippen LogP contribution >= 0.6 is 0 Å². The van der Waals surface area contributed by atoms with Crippen molar-refractivity contribution in [2.45, 2.75) is 177 Å². The van der Waals surface area contributed by atoms with E-state index in [1.54, 1.807) is 80.7 Å². The molecular weight excluding hydrogens is 941 g/mol. The van der Waals surface area contributed by atoms with Gasteiger partial charge in [-0.1, -0.05) is 98.9 Å². The van der Waals surface area contributed by atoms with Crippen LogP contribution in [0.2, 0.25) is 0 Å². The number of rotatable bonds is 7. The quantitative estimate of drug-likeness (QED) is 0.133. The van der Waals surface area contributed by atoms with Gasteiger partial charge in [-0.05, 0) is 33.1 Å². The number of fused-ring (bicyclic) bond motifs is 2. The van der Waals surface area contributed by atoms with Gasteiger partial charge in [0.2, 0.25) is 11.8 Å². The minimum absolute atomic E-state index is 0.0330. The highest BCUT2D eigenvalue weighted by Crippen LogP contribution is 2.38. The van der Waals surface area contributed by atoms with Gasteiger partial charge in [0.05, 0.1) is 86.0 Å². The second-order valence-corrected chi connectivity index (χ2v) is 19.0. The highest BCUT2D eigenvalue weighted by atomic mass is 16.7. The summed E-state index contributed by atoms with van der Waals surface area (Å²) < 4.78 is 23.8. The lowest BCUT2D eigenvalue weighted by molar-refractivity contribution is -0.307. The van der Waals surface area contributed by atoms with Crippen molar-refractivity contribution >= 4 is 17.8 Å². The zero-order valence-corrected chi connectivity index (χ0v) is 41.7. The number of hydrogen-bond acceptors (Lipinski definition) is 19. The Kier molecular flexibility index (Phi) is 27.4. The summed E-state index contributed by atoms with van der Waals surface area (Å²) in [6.07, 6.45) is 3.20. The minimum atomic E-state index is -2.32. The number of cyclic esters (lactones) is 1. The molecule has 0 aliphatic carbocycles. The van der Waals surface area contributed by atoms with Gasteiger partial charge < -0.3 is 92.1 Å². The molecule has 72 heavy (non-hydrogen) atoms. The summed E-state index contributed by atoms with van der Waals surface area (Å²) in [5, 5.41) is 116. The molecule has 2 amide bonds. The van der Waals surface area contributed by atoms with Gasteiger partial charge in [-0.15, -0.1) is 0 Å². The van der Waals surface area contributed by atoms with Crippen LogP contribution in [0, 0.1) is 17.8 Å². The third kappa shape index (κ3) is 21.1. The molecule has 19 atom stereocenters. The Balaban J connectivity index is 1.96. The van der Waals surface area contributed by atoms with Crippen LogP contribution in [0.1, 0.15) is 79.1 Å². The number of carbonyl (C=O) groups excluding carboxylic acids is 3. The Labute approximate surface area is 422 Å². The van der Waals surface area contributed by atoms with Gasteiger partial charge in [0.15, 0.2) is 12.1 Å². The van der Waals surface area contributed by atoms with Crippen LogP contribution in [0.15, 0.2) is 85.1 Å². The molecule has 0 aromatic heterocycles. The molecule has 21 nitrogen and oxygen atoms in total. The van der Waals surface area contributed by atoms with Crippen molar-refractivity contribution in [1.82, 2.24) is 10.6 Å². The lowest BCUT2D eigenvalue weighted by Gasteiger charge is -2.46. The van der Waals surface area contributed by atoms with E-state index < -0.39 is 159 Å². The van der Waals surface area contributed by atoms with Crippen LogP contribution in [0.5, 0.6) is 0 Å². The molecule has 408 valence electrons. The molecule has 0 spiro atoms. The van der Waals surface area contributed by atoms with Crippen LogP contribution in [0.25, 0.3) is 0 Å². The summed E-state index contributed by atoms with van der Waals surface area (Å²) in [5.41, 5.74) is 11.1. The van der Waals surface area contributed by atoms with Crippen molar-refractivity contribution in [3.63, 3.8) is 0 Å². The number of hydrogen-bond donors (Lipinski definition) is 14. The van der Waals surface area contributed by atoms with Crippen LogP contribution in [0.4, 0.5) is 0 Å². The van der Waals surface area contributed by atoms with E-state index >= 15 is 0 Å². The second kappa shape index (κ2) is 31.7. The summed E-state index contributed by atoms with van der Waals surface area (Å²) in [7, 11) is 0. The van der Waals surface area contributed by atoms with Crippen molar-refractivity contribution in [2.24, 2.45) is 29.2 Å². The molecule has 3 heterocycles. The molecule has 2 fully saturated rings. The van der Waals surface area contributed by atoms with Crippen molar-refractivity contribution < 1.29 is 84.4 Å². The van der Waals surface area contributed by atoms with E-state index in [2.05, 4.69) is 10.6 Å². The summed E-state index contributed by atoms with van der Waals surface area (Å²) in [5.74, 6) is -6.48. The van der Waals surface area contributed by atoms with E-state index in [0.29, 0.717) is 0 Å². The van der Waals surface area contributed by atoms with Crippen LogP contribution in [-0.4, -0.2) is 186 Å². The Morgan fingerprint density at radius 1 is 0.694 bits per heavy atom. The highest BCUT2D eigenvalue weighted by molar-refractivity contribution is 5.80. The molecule has 0 unspecified atom stereocenters. The first kappa shape index (κ1) is 62.3. The molecule has 3 rings (SSSR count). The van der Waals surface area contributed by atoms with Crippen molar-refractivity contribution in [3.05, 3.63) is 85.1 Å². The number of allylic oxidation sites excluding steroid dienone is 12. The molecule has 3 aliphatic heterocycles. The number of nitrogens with two attached hydrogens (primary N) is 2. The highest BCUT2D eigenvalue weighted by Gasteiger charge is 2.51. The van der Waals surface area contributed by atoms with E-state index in [1.165, 1.54) is 13.0 Å². The van der Waals surface area contributed by atoms with Gasteiger partial charge in [0, 0.05) is 50.6 Å². The Hall–Kier alpha value is -4.01. The minimum Gasteiger partial charge on any atom is -0.462 e. The van der Waals surface area contributed by atoms with Crippen LogP contribution in [0.3, 0.4) is 0 Å². The first-order valence-corrected chi connectivity index (χ1v) is 24.8. The molecule has 3 aliphatic rings. The number of carbonyl (C=O) groups is 3. The smallest absolute Gasteiger partial charge is 0.308 e. The fourth-order valence-corrected chi connectivity index (χ4v) is 8.69. The normalized spacial score (nSPS) is 42.1. The van der Waals surface area contributed by atoms with E-state index in [9.17, 15) is 65.4 Å². The number of esters is 1. The topological polar surface area (TPSA) is 367 Å². The summed E-state index contributed by atoms with van der Waals surface area (Å²) in [6, 6.07) is -1.26. The number of aliphatic hydroxyl groups is 10. The Bertz CT molecular complexity index is 1860. The van der Waals surface area contributed by atoms with Crippen LogP contribution in [-0.2, 0) is 33.3 Å². The zero-order valence-electron chi connectivity index (χ0n) is 41.7. The van der Waals surface area contributed by atoms with Crippen molar-refractivity contribution in [1.29, 1.82) is 0 Å². The molecule has 2 saturated heterocycles. The molecule has 2 bridgehead atoms. The summed E-state index contributed by atoms with van der Waals surface area (Å²) in [6.45, 7) is 6.38. The largest absolute Gasteiger partial charge is 0.462 e. The van der Waals surface area contributed by atoms with Gasteiger partial charge in [-0.2, -0.15) is 0 Å². The molecule has 0 aromatic carbocycles. The number of amides is 2. The molecule has 0 saturated carbocycles. The maximum atomic E-state index is 13.6.